The maximum atomic E-state index is 13.7. The van der Waals surface area contributed by atoms with Gasteiger partial charge in [0.05, 0.1) is 19.1 Å². The lowest BCUT2D eigenvalue weighted by molar-refractivity contribution is 0.0230. The SMILES string of the molecule is Nc1nc(OC2CN(C(=O)N3N=CCC3c3cc(F)cc(F)c3)C2)c(F)cc1F. The summed E-state index contributed by atoms with van der Waals surface area (Å²) in [6, 6.07) is 2.50. The van der Waals surface area contributed by atoms with Crippen LogP contribution in [0.15, 0.2) is 29.4 Å². The van der Waals surface area contributed by atoms with Crippen molar-refractivity contribution in [3.8, 4) is 5.88 Å². The van der Waals surface area contributed by atoms with Gasteiger partial charge >= 0.3 is 6.03 Å². The Kier molecular flexibility index (Phi) is 4.73. The number of halogens is 4. The molecule has 1 aromatic carbocycles. The molecular weight excluding hydrogens is 394 g/mol. The van der Waals surface area contributed by atoms with Crippen LogP contribution in [0.1, 0.15) is 18.0 Å². The molecule has 1 atom stereocenters. The van der Waals surface area contributed by atoms with E-state index in [1.54, 1.807) is 0 Å². The zero-order valence-electron chi connectivity index (χ0n) is 14.9. The Balaban J connectivity index is 1.40. The van der Waals surface area contributed by atoms with Crippen molar-refractivity contribution in [1.82, 2.24) is 14.9 Å². The number of hydrogen-bond acceptors (Lipinski definition) is 5. The van der Waals surface area contributed by atoms with Gasteiger partial charge < -0.3 is 15.4 Å². The Bertz CT molecular complexity index is 976. The number of hydrazone groups is 1. The fraction of sp³-hybridized carbons (Fsp3) is 0.278. The number of carbonyl (C=O) groups is 1. The van der Waals surface area contributed by atoms with E-state index in [-0.39, 0.29) is 18.7 Å². The number of benzene rings is 1. The molecule has 2 aliphatic rings. The van der Waals surface area contributed by atoms with Crippen molar-refractivity contribution in [2.24, 2.45) is 5.10 Å². The summed E-state index contributed by atoms with van der Waals surface area (Å²) in [5.74, 6) is -4.43. The molecule has 1 saturated heterocycles. The predicted molar refractivity (Wildman–Crippen MR) is 94.0 cm³/mol. The van der Waals surface area contributed by atoms with Gasteiger partial charge in [-0.2, -0.15) is 10.1 Å². The third-order valence-electron chi connectivity index (χ3n) is 4.62. The minimum atomic E-state index is -1.00. The van der Waals surface area contributed by atoms with E-state index in [0.717, 1.165) is 23.2 Å². The molecule has 2 N–H and O–H groups in total. The van der Waals surface area contributed by atoms with Gasteiger partial charge in [0.15, 0.2) is 17.5 Å². The van der Waals surface area contributed by atoms with Crippen LogP contribution in [-0.4, -0.2) is 46.3 Å². The van der Waals surface area contributed by atoms with E-state index in [4.69, 9.17) is 10.5 Å². The molecule has 29 heavy (non-hydrogen) atoms. The van der Waals surface area contributed by atoms with E-state index >= 15 is 0 Å². The minimum Gasteiger partial charge on any atom is -0.468 e. The highest BCUT2D eigenvalue weighted by atomic mass is 19.1. The summed E-state index contributed by atoms with van der Waals surface area (Å²) < 4.78 is 59.2. The maximum absolute atomic E-state index is 13.7. The molecule has 0 bridgehead atoms. The van der Waals surface area contributed by atoms with Crippen LogP contribution < -0.4 is 10.5 Å². The molecule has 1 fully saturated rings. The topological polar surface area (TPSA) is 84.0 Å². The summed E-state index contributed by atoms with van der Waals surface area (Å²) in [7, 11) is 0. The first-order valence-electron chi connectivity index (χ1n) is 8.66. The predicted octanol–water partition coefficient (Wildman–Crippen LogP) is 2.84. The molecule has 4 rings (SSSR count). The quantitative estimate of drug-likeness (QED) is 0.791. The normalized spacial score (nSPS) is 18.8. The summed E-state index contributed by atoms with van der Waals surface area (Å²) >= 11 is 0. The smallest absolute Gasteiger partial charge is 0.341 e. The van der Waals surface area contributed by atoms with Crippen LogP contribution in [0, 0.1) is 23.3 Å². The Morgan fingerprint density at radius 1 is 1.07 bits per heavy atom. The second-order valence-electron chi connectivity index (χ2n) is 6.67. The lowest BCUT2D eigenvalue weighted by Gasteiger charge is -2.40. The first-order valence-corrected chi connectivity index (χ1v) is 8.66. The van der Waals surface area contributed by atoms with Crippen LogP contribution in [0.25, 0.3) is 0 Å². The van der Waals surface area contributed by atoms with Crippen LogP contribution in [0.5, 0.6) is 5.88 Å². The largest absolute Gasteiger partial charge is 0.468 e. The fourth-order valence-corrected chi connectivity index (χ4v) is 3.16. The molecular formula is C18H15F4N5O2. The number of nitrogens with zero attached hydrogens (tertiary/aromatic N) is 4. The maximum Gasteiger partial charge on any atom is 0.341 e. The molecule has 7 nitrogen and oxygen atoms in total. The lowest BCUT2D eigenvalue weighted by atomic mass is 10.0. The monoisotopic (exact) mass is 409 g/mol. The third kappa shape index (κ3) is 3.67. The molecule has 1 aromatic heterocycles. The second-order valence-corrected chi connectivity index (χ2v) is 6.67. The van der Waals surface area contributed by atoms with Crippen LogP contribution >= 0.6 is 0 Å². The first-order chi connectivity index (χ1) is 13.8. The summed E-state index contributed by atoms with van der Waals surface area (Å²) in [6.07, 6.45) is 1.23. The minimum absolute atomic E-state index is 0.105. The van der Waals surface area contributed by atoms with Crippen LogP contribution in [0.4, 0.5) is 28.2 Å². The van der Waals surface area contributed by atoms with E-state index in [0.29, 0.717) is 12.5 Å². The Hall–Kier alpha value is -3.37. The van der Waals surface area contributed by atoms with Gasteiger partial charge in [0.2, 0.25) is 0 Å². The van der Waals surface area contributed by atoms with Gasteiger partial charge in [-0.05, 0) is 17.7 Å². The van der Waals surface area contributed by atoms with E-state index < -0.39 is 53.1 Å². The van der Waals surface area contributed by atoms with Crippen LogP contribution in [-0.2, 0) is 0 Å². The Labute approximate surface area is 162 Å². The second kappa shape index (κ2) is 7.22. The standard InChI is InChI=1S/C18H15F4N5O2/c19-10-3-9(4-11(20)5-10)15-1-2-24-27(15)18(28)26-7-12(8-26)29-17-14(22)6-13(21)16(23)25-17/h2-6,12,15H,1,7-8H2,(H2,23,25). The molecule has 152 valence electrons. The van der Waals surface area contributed by atoms with Crippen molar-refractivity contribution in [3.63, 3.8) is 0 Å². The van der Waals surface area contributed by atoms with Gasteiger partial charge in [0.1, 0.15) is 17.7 Å². The number of anilines is 1. The summed E-state index contributed by atoms with van der Waals surface area (Å²) in [6.45, 7) is 0.209. The molecule has 2 amide bonds. The number of nitrogen functional groups attached to an aromatic ring is 1. The number of carbonyl (C=O) groups excluding carboxylic acids is 1. The lowest BCUT2D eigenvalue weighted by Crippen LogP contribution is -2.59. The summed E-state index contributed by atoms with van der Waals surface area (Å²) in [5, 5.41) is 5.14. The Morgan fingerprint density at radius 3 is 2.45 bits per heavy atom. The fourth-order valence-electron chi connectivity index (χ4n) is 3.16. The van der Waals surface area contributed by atoms with Gasteiger partial charge in [0, 0.05) is 24.8 Å². The number of rotatable bonds is 3. The molecule has 2 aliphatic heterocycles. The highest BCUT2D eigenvalue weighted by Crippen LogP contribution is 2.31. The number of hydrogen-bond donors (Lipinski definition) is 1. The molecule has 11 heteroatoms. The van der Waals surface area contributed by atoms with Gasteiger partial charge in [-0.15, -0.1) is 0 Å². The summed E-state index contributed by atoms with van der Waals surface area (Å²) in [5.41, 5.74) is 5.59. The highest BCUT2D eigenvalue weighted by molar-refractivity contribution is 5.79. The highest BCUT2D eigenvalue weighted by Gasteiger charge is 2.39. The van der Waals surface area contributed by atoms with E-state index in [2.05, 4.69) is 10.1 Å². The number of nitrogens with two attached hydrogens (primary N) is 1. The van der Waals surface area contributed by atoms with Crippen molar-refractivity contribution in [1.29, 1.82) is 0 Å². The first kappa shape index (κ1) is 19.0. The average Bonchev–Trinajstić information content (AvgIpc) is 3.10. The van der Waals surface area contributed by atoms with Crippen molar-refractivity contribution in [2.75, 3.05) is 18.8 Å². The molecule has 0 radical (unpaired) electrons. The van der Waals surface area contributed by atoms with Crippen molar-refractivity contribution >= 4 is 18.1 Å². The molecule has 2 aromatic rings. The van der Waals surface area contributed by atoms with Crippen molar-refractivity contribution in [3.05, 3.63) is 53.1 Å². The molecule has 3 heterocycles. The molecule has 0 saturated carbocycles. The van der Waals surface area contributed by atoms with Crippen molar-refractivity contribution < 1.29 is 27.1 Å². The molecule has 1 unspecified atom stereocenters. The average molecular weight is 409 g/mol. The number of ether oxygens (including phenoxy) is 1. The summed E-state index contributed by atoms with van der Waals surface area (Å²) in [4.78, 5) is 17.6. The third-order valence-corrected chi connectivity index (χ3v) is 4.62. The van der Waals surface area contributed by atoms with Gasteiger partial charge in [-0.25, -0.2) is 27.4 Å². The molecule has 0 spiro atoms. The van der Waals surface area contributed by atoms with Gasteiger partial charge in [0.25, 0.3) is 5.88 Å². The number of amides is 2. The number of likely N-dealkylation sites (tertiary alicyclic amines) is 1. The van der Waals surface area contributed by atoms with Crippen LogP contribution in [0.3, 0.4) is 0 Å². The number of urea groups is 1. The van der Waals surface area contributed by atoms with E-state index in [1.807, 2.05) is 0 Å². The van der Waals surface area contributed by atoms with E-state index in [9.17, 15) is 22.4 Å². The van der Waals surface area contributed by atoms with E-state index in [1.165, 1.54) is 11.1 Å². The number of pyridine rings is 1. The zero-order chi connectivity index (χ0) is 20.7. The zero-order valence-corrected chi connectivity index (χ0v) is 14.9. The number of aromatic nitrogens is 1. The Morgan fingerprint density at radius 2 is 1.76 bits per heavy atom. The molecule has 0 aliphatic carbocycles. The van der Waals surface area contributed by atoms with Crippen LogP contribution in [0.2, 0.25) is 0 Å². The van der Waals surface area contributed by atoms with Gasteiger partial charge in [-0.3, -0.25) is 0 Å². The van der Waals surface area contributed by atoms with Gasteiger partial charge in [-0.1, -0.05) is 0 Å². The van der Waals surface area contributed by atoms with Crippen molar-refractivity contribution in [2.45, 2.75) is 18.6 Å².